The van der Waals surface area contributed by atoms with Gasteiger partial charge in [-0.1, -0.05) is 0 Å². The molecule has 2 atom stereocenters. The second kappa shape index (κ2) is 4.61. The van der Waals surface area contributed by atoms with E-state index in [1.165, 1.54) is 0 Å². The topological polar surface area (TPSA) is 47.3 Å². The van der Waals surface area contributed by atoms with E-state index < -0.39 is 0 Å². The Labute approximate surface area is 80.0 Å². The fourth-order valence-electron chi connectivity index (χ4n) is 1.87. The summed E-state index contributed by atoms with van der Waals surface area (Å²) in [6.45, 7) is 2.94. The molecule has 1 fully saturated rings. The molecule has 1 aliphatic heterocycles. The zero-order valence-corrected chi connectivity index (χ0v) is 8.18. The van der Waals surface area contributed by atoms with E-state index >= 15 is 0 Å². The Morgan fingerprint density at radius 2 is 2.54 bits per heavy atom. The molecule has 0 spiro atoms. The average molecular weight is 182 g/mol. The van der Waals surface area contributed by atoms with Crippen molar-refractivity contribution < 1.29 is 4.74 Å². The maximum Gasteiger partial charge on any atom is 0.0821 e. The van der Waals surface area contributed by atoms with E-state index in [0.29, 0.717) is 0 Å². The number of rotatable bonds is 4. The van der Waals surface area contributed by atoms with Crippen LogP contribution in [0.15, 0.2) is 0 Å². The quantitative estimate of drug-likeness (QED) is 0.384. The molecule has 0 aromatic rings. The van der Waals surface area contributed by atoms with Gasteiger partial charge in [-0.15, -0.1) is 12.3 Å². The molecule has 0 saturated carbocycles. The van der Waals surface area contributed by atoms with Crippen molar-refractivity contribution in [2.75, 3.05) is 6.61 Å². The Morgan fingerprint density at radius 1 is 1.77 bits per heavy atom. The van der Waals surface area contributed by atoms with Gasteiger partial charge in [-0.25, -0.2) is 0 Å². The summed E-state index contributed by atoms with van der Waals surface area (Å²) >= 11 is 0. The highest BCUT2D eigenvalue weighted by Crippen LogP contribution is 2.30. The van der Waals surface area contributed by atoms with Gasteiger partial charge in [-0.2, -0.15) is 0 Å². The lowest BCUT2D eigenvalue weighted by Crippen LogP contribution is -2.51. The Balaban J connectivity index is 2.49. The summed E-state index contributed by atoms with van der Waals surface area (Å²) in [6, 6.07) is 0.172. The largest absolute Gasteiger partial charge is 0.374 e. The fraction of sp³-hybridized carbons (Fsp3) is 0.800. The van der Waals surface area contributed by atoms with E-state index in [1.54, 1.807) is 0 Å². The number of nitrogens with two attached hydrogens (primary N) is 1. The van der Waals surface area contributed by atoms with Crippen LogP contribution in [0.1, 0.15) is 32.6 Å². The predicted molar refractivity (Wildman–Crippen MR) is 52.8 cm³/mol. The zero-order chi connectivity index (χ0) is 9.73. The van der Waals surface area contributed by atoms with E-state index in [1.807, 2.05) is 0 Å². The standard InChI is InChI=1S/C10H18N2O/c1-3-4-6-9(12-11)10(2)7-5-8-13-10/h1,9,12H,4-8,11H2,2H3. The van der Waals surface area contributed by atoms with E-state index in [9.17, 15) is 0 Å². The molecule has 13 heavy (non-hydrogen) atoms. The smallest absolute Gasteiger partial charge is 0.0821 e. The number of nitrogens with one attached hydrogen (secondary N) is 1. The predicted octanol–water partition coefficient (Wildman–Crippen LogP) is 0.801. The van der Waals surface area contributed by atoms with Gasteiger partial charge >= 0.3 is 0 Å². The minimum absolute atomic E-state index is 0.119. The molecule has 74 valence electrons. The highest BCUT2D eigenvalue weighted by molar-refractivity contribution is 4.95. The van der Waals surface area contributed by atoms with Crippen LogP contribution in [-0.4, -0.2) is 18.2 Å². The Hall–Kier alpha value is -0.560. The zero-order valence-electron chi connectivity index (χ0n) is 8.18. The van der Waals surface area contributed by atoms with Crippen LogP contribution in [0.3, 0.4) is 0 Å². The number of terminal acetylenes is 1. The number of hydrogen-bond acceptors (Lipinski definition) is 3. The second-order valence-corrected chi connectivity index (χ2v) is 3.73. The summed E-state index contributed by atoms with van der Waals surface area (Å²) in [5.74, 6) is 8.10. The monoisotopic (exact) mass is 182 g/mol. The average Bonchev–Trinajstić information content (AvgIpc) is 2.54. The van der Waals surface area contributed by atoms with Crippen LogP contribution >= 0.6 is 0 Å². The van der Waals surface area contributed by atoms with Crippen LogP contribution in [0.5, 0.6) is 0 Å². The summed E-state index contributed by atoms with van der Waals surface area (Å²) in [5, 5.41) is 0. The molecular formula is C10H18N2O. The molecule has 2 unspecified atom stereocenters. The summed E-state index contributed by atoms with van der Waals surface area (Å²) in [4.78, 5) is 0. The molecule has 0 bridgehead atoms. The molecule has 1 heterocycles. The third-order valence-corrected chi connectivity index (χ3v) is 2.76. The molecule has 1 saturated heterocycles. The van der Waals surface area contributed by atoms with Gasteiger partial charge in [-0.3, -0.25) is 11.3 Å². The van der Waals surface area contributed by atoms with Crippen LogP contribution in [-0.2, 0) is 4.74 Å². The molecule has 1 rings (SSSR count). The van der Waals surface area contributed by atoms with E-state index in [-0.39, 0.29) is 11.6 Å². The van der Waals surface area contributed by atoms with Gasteiger partial charge in [0.2, 0.25) is 0 Å². The van der Waals surface area contributed by atoms with Crippen LogP contribution in [0.2, 0.25) is 0 Å². The minimum Gasteiger partial charge on any atom is -0.374 e. The number of hydrazine groups is 1. The van der Waals surface area contributed by atoms with Crippen LogP contribution < -0.4 is 11.3 Å². The minimum atomic E-state index is -0.119. The summed E-state index contributed by atoms with van der Waals surface area (Å²) in [5.41, 5.74) is 2.68. The highest BCUT2D eigenvalue weighted by Gasteiger charge is 2.37. The molecular weight excluding hydrogens is 164 g/mol. The maximum atomic E-state index is 5.68. The second-order valence-electron chi connectivity index (χ2n) is 3.73. The molecule has 0 amide bonds. The van der Waals surface area contributed by atoms with Gasteiger partial charge in [0, 0.05) is 13.0 Å². The summed E-state index contributed by atoms with van der Waals surface area (Å²) < 4.78 is 5.68. The van der Waals surface area contributed by atoms with Crippen molar-refractivity contribution in [3.63, 3.8) is 0 Å². The Kier molecular flexibility index (Phi) is 3.73. The molecule has 0 radical (unpaired) electrons. The van der Waals surface area contributed by atoms with Crippen LogP contribution in [0, 0.1) is 12.3 Å². The van der Waals surface area contributed by atoms with Gasteiger partial charge in [-0.05, 0) is 26.2 Å². The third kappa shape index (κ3) is 2.44. The van der Waals surface area contributed by atoms with Crippen molar-refractivity contribution in [1.82, 2.24) is 5.43 Å². The van der Waals surface area contributed by atoms with Crippen molar-refractivity contribution >= 4 is 0 Å². The Bertz CT molecular complexity index is 192. The number of ether oxygens (including phenoxy) is 1. The van der Waals surface area contributed by atoms with Crippen molar-refractivity contribution in [2.24, 2.45) is 5.84 Å². The van der Waals surface area contributed by atoms with E-state index in [4.69, 9.17) is 17.0 Å². The highest BCUT2D eigenvalue weighted by atomic mass is 16.5. The summed E-state index contributed by atoms with van der Waals surface area (Å²) in [6.07, 6.45) is 9.01. The van der Waals surface area contributed by atoms with Crippen molar-refractivity contribution in [3.8, 4) is 12.3 Å². The van der Waals surface area contributed by atoms with Gasteiger partial charge in [0.1, 0.15) is 0 Å². The lowest BCUT2D eigenvalue weighted by atomic mass is 9.90. The van der Waals surface area contributed by atoms with Crippen LogP contribution in [0.4, 0.5) is 0 Å². The van der Waals surface area contributed by atoms with Crippen molar-refractivity contribution in [1.29, 1.82) is 0 Å². The molecule has 3 heteroatoms. The van der Waals surface area contributed by atoms with Crippen LogP contribution in [0.25, 0.3) is 0 Å². The third-order valence-electron chi connectivity index (χ3n) is 2.76. The normalized spacial score (nSPS) is 29.9. The lowest BCUT2D eigenvalue weighted by Gasteiger charge is -2.32. The summed E-state index contributed by atoms with van der Waals surface area (Å²) in [7, 11) is 0. The van der Waals surface area contributed by atoms with Gasteiger partial charge < -0.3 is 4.74 Å². The maximum absolute atomic E-state index is 5.68. The molecule has 0 aromatic carbocycles. The first kappa shape index (κ1) is 10.5. The van der Waals surface area contributed by atoms with E-state index in [2.05, 4.69) is 18.3 Å². The van der Waals surface area contributed by atoms with Gasteiger partial charge in [0.15, 0.2) is 0 Å². The van der Waals surface area contributed by atoms with Crippen molar-refractivity contribution in [2.45, 2.75) is 44.2 Å². The van der Waals surface area contributed by atoms with Crippen molar-refractivity contribution in [3.05, 3.63) is 0 Å². The van der Waals surface area contributed by atoms with Gasteiger partial charge in [0.25, 0.3) is 0 Å². The molecule has 1 aliphatic rings. The fourth-order valence-corrected chi connectivity index (χ4v) is 1.87. The molecule has 0 aliphatic carbocycles. The lowest BCUT2D eigenvalue weighted by molar-refractivity contribution is -0.0134. The Morgan fingerprint density at radius 3 is 3.00 bits per heavy atom. The number of hydrogen-bond donors (Lipinski definition) is 2. The van der Waals surface area contributed by atoms with Gasteiger partial charge in [0.05, 0.1) is 11.6 Å². The molecule has 0 aromatic heterocycles. The first-order valence-corrected chi connectivity index (χ1v) is 4.76. The SMILES string of the molecule is C#CCCC(NN)C1(C)CCCO1. The first-order valence-electron chi connectivity index (χ1n) is 4.76. The first-order chi connectivity index (χ1) is 6.23. The van der Waals surface area contributed by atoms with E-state index in [0.717, 1.165) is 32.3 Å². The molecule has 3 N–H and O–H groups in total. The molecule has 3 nitrogen and oxygen atoms in total.